The maximum Gasteiger partial charge on any atom is 0.269 e. The van der Waals surface area contributed by atoms with E-state index in [1.807, 2.05) is 6.07 Å². The number of aliphatic hydroxyl groups is 1. The molecule has 2 aliphatic rings. The molecule has 0 saturated carbocycles. The summed E-state index contributed by atoms with van der Waals surface area (Å²) in [6, 6.07) is 8.14. The summed E-state index contributed by atoms with van der Waals surface area (Å²) >= 11 is 0. The Kier molecular flexibility index (Phi) is 6.11. The van der Waals surface area contributed by atoms with Gasteiger partial charge in [-0.15, -0.1) is 0 Å². The van der Waals surface area contributed by atoms with Crippen LogP contribution in [0.5, 0.6) is 0 Å². The molecular formula is C22H26FN5O2. The minimum Gasteiger partial charge on any atom is -0.393 e. The average molecular weight is 411 g/mol. The number of hydrogen-bond donors (Lipinski definition) is 1. The predicted molar refractivity (Wildman–Crippen MR) is 111 cm³/mol. The quantitative estimate of drug-likeness (QED) is 0.829. The molecule has 8 heteroatoms. The van der Waals surface area contributed by atoms with Gasteiger partial charge in [0.25, 0.3) is 5.56 Å². The highest BCUT2D eigenvalue weighted by Crippen LogP contribution is 2.23. The minimum atomic E-state index is -0.503. The van der Waals surface area contributed by atoms with Crippen molar-refractivity contribution < 1.29 is 9.50 Å². The Morgan fingerprint density at radius 3 is 2.73 bits per heavy atom. The summed E-state index contributed by atoms with van der Waals surface area (Å²) in [7, 11) is 0. The van der Waals surface area contributed by atoms with Gasteiger partial charge in [-0.1, -0.05) is 6.07 Å². The fraction of sp³-hybridized carbons (Fsp3) is 0.500. The van der Waals surface area contributed by atoms with Gasteiger partial charge in [-0.25, -0.2) is 9.07 Å². The molecule has 2 fully saturated rings. The van der Waals surface area contributed by atoms with Crippen molar-refractivity contribution in [3.05, 3.63) is 57.8 Å². The molecule has 0 amide bonds. The second kappa shape index (κ2) is 8.94. The number of halogens is 1. The van der Waals surface area contributed by atoms with E-state index in [-0.39, 0.29) is 23.3 Å². The monoisotopic (exact) mass is 411 g/mol. The molecule has 0 aliphatic carbocycles. The van der Waals surface area contributed by atoms with Gasteiger partial charge in [-0.3, -0.25) is 9.69 Å². The van der Waals surface area contributed by atoms with Crippen molar-refractivity contribution in [2.45, 2.75) is 44.4 Å². The Morgan fingerprint density at radius 2 is 2.00 bits per heavy atom. The molecule has 1 aromatic heterocycles. The molecule has 30 heavy (non-hydrogen) atoms. The summed E-state index contributed by atoms with van der Waals surface area (Å²) in [6.45, 7) is 3.63. The van der Waals surface area contributed by atoms with E-state index in [0.717, 1.165) is 43.7 Å². The number of piperidine rings is 2. The fourth-order valence-electron chi connectivity index (χ4n) is 4.37. The van der Waals surface area contributed by atoms with Crippen molar-refractivity contribution in [1.82, 2.24) is 14.7 Å². The largest absolute Gasteiger partial charge is 0.393 e. The van der Waals surface area contributed by atoms with E-state index in [0.29, 0.717) is 25.9 Å². The first-order valence-electron chi connectivity index (χ1n) is 10.5. The lowest BCUT2D eigenvalue weighted by molar-refractivity contribution is 0.145. The SMILES string of the molecule is N#Cc1cc(CN2CCC[C@H](n3ncc(N4CCC(O)CC4)cc3=O)C2)ccc1F. The third-order valence-corrected chi connectivity index (χ3v) is 6.03. The van der Waals surface area contributed by atoms with Crippen molar-refractivity contribution in [3.8, 4) is 6.07 Å². The van der Waals surface area contributed by atoms with Crippen molar-refractivity contribution in [2.75, 3.05) is 31.1 Å². The van der Waals surface area contributed by atoms with Gasteiger partial charge < -0.3 is 10.0 Å². The zero-order valence-electron chi connectivity index (χ0n) is 16.9. The van der Waals surface area contributed by atoms with Gasteiger partial charge in [-0.2, -0.15) is 10.4 Å². The lowest BCUT2D eigenvalue weighted by atomic mass is 10.0. The first-order chi connectivity index (χ1) is 14.5. The molecule has 4 rings (SSSR count). The van der Waals surface area contributed by atoms with Gasteiger partial charge in [0.2, 0.25) is 0 Å². The van der Waals surface area contributed by atoms with Gasteiger partial charge in [0.05, 0.1) is 29.6 Å². The van der Waals surface area contributed by atoms with Crippen molar-refractivity contribution >= 4 is 5.69 Å². The van der Waals surface area contributed by atoms with Crippen LogP contribution in [0.25, 0.3) is 0 Å². The van der Waals surface area contributed by atoms with E-state index in [1.165, 1.54) is 6.07 Å². The van der Waals surface area contributed by atoms with Crippen molar-refractivity contribution in [1.29, 1.82) is 5.26 Å². The van der Waals surface area contributed by atoms with Crippen LogP contribution in [0.2, 0.25) is 0 Å². The number of anilines is 1. The molecule has 3 heterocycles. The van der Waals surface area contributed by atoms with E-state index in [4.69, 9.17) is 5.26 Å². The van der Waals surface area contributed by atoms with Crippen molar-refractivity contribution in [3.63, 3.8) is 0 Å². The van der Waals surface area contributed by atoms with E-state index >= 15 is 0 Å². The Labute approximate surface area is 175 Å². The Bertz CT molecular complexity index is 994. The second-order valence-electron chi connectivity index (χ2n) is 8.17. The Balaban J connectivity index is 1.44. The molecule has 0 unspecified atom stereocenters. The van der Waals surface area contributed by atoms with Crippen molar-refractivity contribution in [2.24, 2.45) is 0 Å². The first kappa shape index (κ1) is 20.5. The molecule has 0 bridgehead atoms. The number of nitriles is 1. The highest BCUT2D eigenvalue weighted by molar-refractivity contribution is 5.43. The van der Waals surface area contributed by atoms with Crippen LogP contribution in [0.1, 0.15) is 42.9 Å². The molecule has 158 valence electrons. The second-order valence-corrected chi connectivity index (χ2v) is 8.17. The molecule has 2 aliphatic heterocycles. The van der Waals surface area contributed by atoms with E-state index in [1.54, 1.807) is 29.1 Å². The zero-order valence-corrected chi connectivity index (χ0v) is 16.9. The predicted octanol–water partition coefficient (Wildman–Crippen LogP) is 2.05. The van der Waals surface area contributed by atoms with Gasteiger partial charge in [0.1, 0.15) is 11.9 Å². The van der Waals surface area contributed by atoms with Crippen LogP contribution in [0.3, 0.4) is 0 Å². The van der Waals surface area contributed by atoms with Gasteiger partial charge in [0.15, 0.2) is 0 Å². The Morgan fingerprint density at radius 1 is 1.20 bits per heavy atom. The number of rotatable bonds is 4. The maximum absolute atomic E-state index is 13.6. The normalized spacial score (nSPS) is 20.8. The van der Waals surface area contributed by atoms with Gasteiger partial charge in [0, 0.05) is 32.2 Å². The molecular weight excluding hydrogens is 385 g/mol. The number of aromatic nitrogens is 2. The average Bonchev–Trinajstić information content (AvgIpc) is 2.76. The summed E-state index contributed by atoms with van der Waals surface area (Å²) in [5.74, 6) is -0.503. The summed E-state index contributed by atoms with van der Waals surface area (Å²) in [4.78, 5) is 17.1. The standard InChI is InChI=1S/C22H26FN5O2/c23-21-4-3-16(10-17(21)12-24)14-26-7-1-2-18(15-26)28-22(30)11-19(13-25-28)27-8-5-20(29)6-9-27/h3-4,10-11,13,18,20,29H,1-2,5-9,14-15H2/t18-/m0/s1. The maximum atomic E-state index is 13.6. The molecule has 1 N–H and O–H groups in total. The van der Waals surface area contributed by atoms with Crippen LogP contribution < -0.4 is 10.5 Å². The molecule has 7 nitrogen and oxygen atoms in total. The van der Waals surface area contributed by atoms with Crippen LogP contribution in [-0.2, 0) is 6.54 Å². The smallest absolute Gasteiger partial charge is 0.269 e. The van der Waals surface area contributed by atoms with E-state index in [2.05, 4.69) is 14.9 Å². The van der Waals surface area contributed by atoms with Crippen LogP contribution in [0.4, 0.5) is 10.1 Å². The topological polar surface area (TPSA) is 85.4 Å². The highest BCUT2D eigenvalue weighted by Gasteiger charge is 2.24. The lowest BCUT2D eigenvalue weighted by Gasteiger charge is -2.34. The lowest BCUT2D eigenvalue weighted by Crippen LogP contribution is -2.41. The molecule has 2 saturated heterocycles. The molecule has 0 spiro atoms. The number of aliphatic hydroxyl groups excluding tert-OH is 1. The minimum absolute atomic E-state index is 0.0145. The highest BCUT2D eigenvalue weighted by atomic mass is 19.1. The number of nitrogens with zero attached hydrogens (tertiary/aromatic N) is 5. The number of benzene rings is 1. The van der Waals surface area contributed by atoms with Gasteiger partial charge in [-0.05, 0) is 49.9 Å². The van der Waals surface area contributed by atoms with Crippen LogP contribution in [-0.4, -0.2) is 52.1 Å². The Hall–Kier alpha value is -2.76. The fourth-order valence-corrected chi connectivity index (χ4v) is 4.37. The number of likely N-dealkylation sites (tertiary alicyclic amines) is 1. The summed E-state index contributed by atoms with van der Waals surface area (Å²) in [5, 5.41) is 23.2. The molecule has 0 radical (unpaired) electrons. The summed E-state index contributed by atoms with van der Waals surface area (Å²) < 4.78 is 15.1. The zero-order chi connectivity index (χ0) is 21.1. The van der Waals surface area contributed by atoms with Gasteiger partial charge >= 0.3 is 0 Å². The van der Waals surface area contributed by atoms with Crippen LogP contribution >= 0.6 is 0 Å². The van der Waals surface area contributed by atoms with E-state index < -0.39 is 5.82 Å². The molecule has 2 aromatic rings. The summed E-state index contributed by atoms with van der Waals surface area (Å²) in [6.07, 6.45) is 4.72. The van der Waals surface area contributed by atoms with Crippen LogP contribution in [0, 0.1) is 17.1 Å². The van der Waals surface area contributed by atoms with E-state index in [9.17, 15) is 14.3 Å². The third kappa shape index (κ3) is 4.53. The number of hydrogen-bond acceptors (Lipinski definition) is 6. The van der Waals surface area contributed by atoms with Crippen LogP contribution in [0.15, 0.2) is 35.3 Å². The molecule has 1 aromatic carbocycles. The molecule has 1 atom stereocenters. The first-order valence-corrected chi connectivity index (χ1v) is 10.5. The summed E-state index contributed by atoms with van der Waals surface area (Å²) in [5.41, 5.74) is 1.64. The third-order valence-electron chi connectivity index (χ3n) is 6.03.